The Morgan fingerprint density at radius 1 is 1.00 bits per heavy atom. The molecule has 0 aliphatic rings. The molecule has 0 fully saturated rings. The third-order valence-electron chi connectivity index (χ3n) is 2.45. The van der Waals surface area contributed by atoms with Crippen LogP contribution in [0.15, 0.2) is 0 Å². The summed E-state index contributed by atoms with van der Waals surface area (Å²) in [5.41, 5.74) is 5.43. The minimum absolute atomic E-state index is 0.864. The van der Waals surface area contributed by atoms with Gasteiger partial charge < -0.3 is 5.73 Å². The van der Waals surface area contributed by atoms with Gasteiger partial charge in [0.15, 0.2) is 0 Å². The van der Waals surface area contributed by atoms with Gasteiger partial charge in [-0.3, -0.25) is 0 Å². The van der Waals surface area contributed by atoms with E-state index in [0.29, 0.717) is 0 Å². The van der Waals surface area contributed by atoms with Crippen LogP contribution in [0.1, 0.15) is 58.8 Å². The SMILES string of the molecule is CCCCC(C)CCCCCN. The van der Waals surface area contributed by atoms with Gasteiger partial charge in [0, 0.05) is 0 Å². The van der Waals surface area contributed by atoms with Crippen molar-refractivity contribution in [2.24, 2.45) is 11.7 Å². The van der Waals surface area contributed by atoms with Gasteiger partial charge in [0.25, 0.3) is 0 Å². The summed E-state index contributed by atoms with van der Waals surface area (Å²) in [4.78, 5) is 0. The van der Waals surface area contributed by atoms with Crippen molar-refractivity contribution in [3.8, 4) is 0 Å². The van der Waals surface area contributed by atoms with Crippen LogP contribution in [0.4, 0.5) is 0 Å². The largest absolute Gasteiger partial charge is 0.330 e. The average molecular weight is 171 g/mol. The first-order valence-electron chi connectivity index (χ1n) is 5.51. The second-order valence-electron chi connectivity index (χ2n) is 3.89. The molecule has 0 aliphatic carbocycles. The van der Waals surface area contributed by atoms with E-state index >= 15 is 0 Å². The van der Waals surface area contributed by atoms with Crippen molar-refractivity contribution in [1.82, 2.24) is 0 Å². The highest BCUT2D eigenvalue weighted by Gasteiger charge is 2.00. The van der Waals surface area contributed by atoms with E-state index in [0.717, 1.165) is 12.5 Å². The molecular weight excluding hydrogens is 146 g/mol. The van der Waals surface area contributed by atoms with Gasteiger partial charge in [-0.1, -0.05) is 52.4 Å². The minimum atomic E-state index is 0.864. The van der Waals surface area contributed by atoms with Crippen LogP contribution in [0.3, 0.4) is 0 Å². The predicted molar refractivity (Wildman–Crippen MR) is 56.2 cm³/mol. The standard InChI is InChI=1S/C11H25N/c1-3-4-8-11(2)9-6-5-7-10-12/h11H,3-10,12H2,1-2H3. The maximum Gasteiger partial charge on any atom is -0.00773 e. The molecule has 0 aliphatic heterocycles. The van der Waals surface area contributed by atoms with E-state index in [4.69, 9.17) is 5.73 Å². The van der Waals surface area contributed by atoms with Crippen molar-refractivity contribution >= 4 is 0 Å². The molecule has 0 aromatic carbocycles. The summed E-state index contributed by atoms with van der Waals surface area (Å²) in [7, 11) is 0. The van der Waals surface area contributed by atoms with Crippen molar-refractivity contribution < 1.29 is 0 Å². The molecule has 1 atom stereocenters. The first kappa shape index (κ1) is 12.0. The zero-order valence-electron chi connectivity index (χ0n) is 8.81. The van der Waals surface area contributed by atoms with Crippen LogP contribution in [-0.4, -0.2) is 6.54 Å². The van der Waals surface area contributed by atoms with E-state index in [1.165, 1.54) is 44.9 Å². The van der Waals surface area contributed by atoms with Gasteiger partial charge in [0.05, 0.1) is 0 Å². The van der Waals surface area contributed by atoms with Crippen LogP contribution < -0.4 is 5.73 Å². The Labute approximate surface area is 77.7 Å². The third kappa shape index (κ3) is 8.06. The summed E-state index contributed by atoms with van der Waals surface area (Å²) >= 11 is 0. The summed E-state index contributed by atoms with van der Waals surface area (Å²) < 4.78 is 0. The zero-order chi connectivity index (χ0) is 9.23. The summed E-state index contributed by atoms with van der Waals surface area (Å²) in [6.45, 7) is 5.50. The van der Waals surface area contributed by atoms with Gasteiger partial charge in [0.2, 0.25) is 0 Å². The first-order valence-corrected chi connectivity index (χ1v) is 5.51. The molecule has 0 rings (SSSR count). The normalized spacial score (nSPS) is 13.2. The number of hydrogen-bond acceptors (Lipinski definition) is 1. The summed E-state index contributed by atoms with van der Waals surface area (Å²) in [5, 5.41) is 0. The molecule has 0 aromatic rings. The lowest BCUT2D eigenvalue weighted by atomic mass is 9.97. The molecule has 2 N–H and O–H groups in total. The average Bonchev–Trinajstić information content (AvgIpc) is 2.09. The van der Waals surface area contributed by atoms with E-state index in [1.54, 1.807) is 0 Å². The summed E-state index contributed by atoms with van der Waals surface area (Å²) in [6, 6.07) is 0. The van der Waals surface area contributed by atoms with Gasteiger partial charge in [-0.15, -0.1) is 0 Å². The lowest BCUT2D eigenvalue weighted by Gasteiger charge is -2.09. The molecule has 1 nitrogen and oxygen atoms in total. The molecule has 0 spiro atoms. The number of unbranched alkanes of at least 4 members (excludes halogenated alkanes) is 3. The fourth-order valence-corrected chi connectivity index (χ4v) is 1.51. The first-order chi connectivity index (χ1) is 5.81. The van der Waals surface area contributed by atoms with Crippen molar-refractivity contribution in [3.63, 3.8) is 0 Å². The highest BCUT2D eigenvalue weighted by atomic mass is 14.5. The smallest absolute Gasteiger partial charge is 0.00773 e. The quantitative estimate of drug-likeness (QED) is 0.557. The Hall–Kier alpha value is -0.0400. The van der Waals surface area contributed by atoms with Gasteiger partial charge in [-0.2, -0.15) is 0 Å². The monoisotopic (exact) mass is 171 g/mol. The molecule has 1 unspecified atom stereocenters. The lowest BCUT2D eigenvalue weighted by molar-refractivity contribution is 0.446. The lowest BCUT2D eigenvalue weighted by Crippen LogP contribution is -1.99. The molecule has 0 radical (unpaired) electrons. The Morgan fingerprint density at radius 2 is 1.67 bits per heavy atom. The highest BCUT2D eigenvalue weighted by molar-refractivity contribution is 4.53. The molecule has 0 aromatic heterocycles. The fraction of sp³-hybridized carbons (Fsp3) is 1.00. The molecule has 0 amide bonds. The van der Waals surface area contributed by atoms with Crippen LogP contribution in [-0.2, 0) is 0 Å². The Bertz CT molecular complexity index is 81.1. The Morgan fingerprint density at radius 3 is 2.25 bits per heavy atom. The van der Waals surface area contributed by atoms with Crippen molar-refractivity contribution in [1.29, 1.82) is 0 Å². The molecule has 0 heterocycles. The van der Waals surface area contributed by atoms with Crippen LogP contribution in [0.5, 0.6) is 0 Å². The van der Waals surface area contributed by atoms with E-state index < -0.39 is 0 Å². The van der Waals surface area contributed by atoms with E-state index in [-0.39, 0.29) is 0 Å². The van der Waals surface area contributed by atoms with Gasteiger partial charge >= 0.3 is 0 Å². The van der Waals surface area contributed by atoms with E-state index in [2.05, 4.69) is 13.8 Å². The second-order valence-corrected chi connectivity index (χ2v) is 3.89. The molecule has 1 heteroatoms. The van der Waals surface area contributed by atoms with Crippen LogP contribution in [0, 0.1) is 5.92 Å². The van der Waals surface area contributed by atoms with E-state index in [1.807, 2.05) is 0 Å². The second kappa shape index (κ2) is 9.05. The van der Waals surface area contributed by atoms with Crippen LogP contribution in [0.25, 0.3) is 0 Å². The van der Waals surface area contributed by atoms with Crippen LogP contribution in [0.2, 0.25) is 0 Å². The van der Waals surface area contributed by atoms with Crippen molar-refractivity contribution in [3.05, 3.63) is 0 Å². The summed E-state index contributed by atoms with van der Waals surface area (Å²) in [5.74, 6) is 0.933. The van der Waals surface area contributed by atoms with Crippen LogP contribution >= 0.6 is 0 Å². The maximum atomic E-state index is 5.43. The molecule has 12 heavy (non-hydrogen) atoms. The topological polar surface area (TPSA) is 26.0 Å². The predicted octanol–water partition coefficient (Wildman–Crippen LogP) is 3.33. The minimum Gasteiger partial charge on any atom is -0.330 e. The molecule has 0 bridgehead atoms. The maximum absolute atomic E-state index is 5.43. The number of nitrogens with two attached hydrogens (primary N) is 1. The molecule has 0 saturated carbocycles. The van der Waals surface area contributed by atoms with Crippen molar-refractivity contribution in [2.45, 2.75) is 58.8 Å². The van der Waals surface area contributed by atoms with Gasteiger partial charge in [-0.05, 0) is 18.9 Å². The molecule has 74 valence electrons. The number of rotatable bonds is 8. The van der Waals surface area contributed by atoms with Crippen molar-refractivity contribution in [2.75, 3.05) is 6.54 Å². The Balaban J connectivity index is 3.02. The summed E-state index contributed by atoms with van der Waals surface area (Å²) in [6.07, 6.45) is 9.47. The van der Waals surface area contributed by atoms with Gasteiger partial charge in [-0.25, -0.2) is 0 Å². The third-order valence-corrected chi connectivity index (χ3v) is 2.45. The number of hydrogen-bond donors (Lipinski definition) is 1. The van der Waals surface area contributed by atoms with Gasteiger partial charge in [0.1, 0.15) is 0 Å². The fourth-order valence-electron chi connectivity index (χ4n) is 1.51. The Kier molecular flexibility index (Phi) is 9.02. The highest BCUT2D eigenvalue weighted by Crippen LogP contribution is 2.15. The van der Waals surface area contributed by atoms with E-state index in [9.17, 15) is 0 Å². The molecule has 0 saturated heterocycles. The zero-order valence-corrected chi connectivity index (χ0v) is 8.81. The molecular formula is C11H25N.